The summed E-state index contributed by atoms with van der Waals surface area (Å²) in [4.78, 5) is 29.4. The Kier molecular flexibility index (Phi) is 12.0. The van der Waals surface area contributed by atoms with Crippen LogP contribution >= 0.6 is 12.8 Å². The number of nitrogens with one attached hydrogen (secondary N) is 2. The SMILES string of the molecule is CCCN(CCC)CCCCN(S)C(=O)Nc1ccc(CN(Cc2ncc[nH]2)Cc2nccn2C)cc1. The van der Waals surface area contributed by atoms with Crippen molar-refractivity contribution in [3.05, 3.63) is 66.3 Å². The molecule has 0 spiro atoms. The predicted molar refractivity (Wildman–Crippen MR) is 152 cm³/mol. The Morgan fingerprint density at radius 3 is 2.30 bits per heavy atom. The van der Waals surface area contributed by atoms with E-state index >= 15 is 0 Å². The maximum absolute atomic E-state index is 12.6. The first kappa shape index (κ1) is 28.7. The molecule has 0 saturated carbocycles. The first-order valence-electron chi connectivity index (χ1n) is 13.2. The van der Waals surface area contributed by atoms with Crippen LogP contribution in [0.2, 0.25) is 0 Å². The third kappa shape index (κ3) is 9.87. The molecule has 3 aromatic rings. The fourth-order valence-corrected chi connectivity index (χ4v) is 4.51. The minimum Gasteiger partial charge on any atom is -0.348 e. The van der Waals surface area contributed by atoms with Crippen molar-refractivity contribution in [3.63, 3.8) is 0 Å². The molecular weight excluding hydrogens is 484 g/mol. The van der Waals surface area contributed by atoms with Crippen LogP contribution in [0.25, 0.3) is 0 Å². The minimum absolute atomic E-state index is 0.204. The molecule has 0 radical (unpaired) electrons. The second-order valence-electron chi connectivity index (χ2n) is 9.43. The number of aromatic amines is 1. The van der Waals surface area contributed by atoms with E-state index in [9.17, 15) is 4.79 Å². The van der Waals surface area contributed by atoms with Crippen LogP contribution in [0.3, 0.4) is 0 Å². The Morgan fingerprint density at radius 1 is 0.946 bits per heavy atom. The monoisotopic (exact) mass is 526 g/mol. The summed E-state index contributed by atoms with van der Waals surface area (Å²) in [5.74, 6) is 1.91. The Bertz CT molecular complexity index is 1030. The maximum Gasteiger partial charge on any atom is 0.331 e. The van der Waals surface area contributed by atoms with Gasteiger partial charge in [0.2, 0.25) is 0 Å². The lowest BCUT2D eigenvalue weighted by Gasteiger charge is -2.22. The number of imidazole rings is 2. The summed E-state index contributed by atoms with van der Waals surface area (Å²) in [6.45, 7) is 10.5. The molecule has 10 heteroatoms. The van der Waals surface area contributed by atoms with E-state index in [4.69, 9.17) is 0 Å². The predicted octanol–water partition coefficient (Wildman–Crippen LogP) is 4.93. The Hall–Kier alpha value is -2.82. The van der Waals surface area contributed by atoms with Gasteiger partial charge in [0.15, 0.2) is 0 Å². The third-order valence-corrected chi connectivity index (χ3v) is 6.62. The molecule has 1 aromatic carbocycles. The van der Waals surface area contributed by atoms with E-state index in [-0.39, 0.29) is 6.03 Å². The molecule has 3 rings (SSSR count). The van der Waals surface area contributed by atoms with Crippen LogP contribution in [-0.2, 0) is 26.7 Å². The summed E-state index contributed by atoms with van der Waals surface area (Å²) in [7, 11) is 2.00. The lowest BCUT2D eigenvalue weighted by Crippen LogP contribution is -2.30. The van der Waals surface area contributed by atoms with Gasteiger partial charge in [-0.3, -0.25) is 9.21 Å². The second kappa shape index (κ2) is 15.4. The van der Waals surface area contributed by atoms with Gasteiger partial charge in [0.25, 0.3) is 0 Å². The van der Waals surface area contributed by atoms with E-state index in [2.05, 4.69) is 56.7 Å². The Balaban J connectivity index is 1.47. The van der Waals surface area contributed by atoms with Gasteiger partial charge < -0.3 is 19.8 Å². The largest absolute Gasteiger partial charge is 0.348 e. The average molecular weight is 527 g/mol. The third-order valence-electron chi connectivity index (χ3n) is 6.23. The van der Waals surface area contributed by atoms with Crippen LogP contribution in [-0.4, -0.2) is 65.8 Å². The number of aromatic nitrogens is 4. The normalized spacial score (nSPS) is 11.4. The lowest BCUT2D eigenvalue weighted by atomic mass is 10.2. The number of unbranched alkanes of at least 4 members (excludes halogenated alkanes) is 1. The number of nitrogens with zero attached hydrogens (tertiary/aromatic N) is 6. The summed E-state index contributed by atoms with van der Waals surface area (Å²) >= 11 is 4.40. The molecule has 0 unspecified atom stereocenters. The highest BCUT2D eigenvalue weighted by Gasteiger charge is 2.14. The standard InChI is InChI=1S/C27H42N8OS/c1-4-15-33(16-5-2)17-6-7-18-35(37)27(36)31-24-10-8-23(9-11-24)20-34(21-25-28-12-13-29-25)22-26-30-14-19-32(26)3/h8-14,19,37H,4-7,15-18,20-22H2,1-3H3,(H,28,29)(H,31,36). The lowest BCUT2D eigenvalue weighted by molar-refractivity contribution is 0.233. The van der Waals surface area contributed by atoms with Crippen LogP contribution in [0.1, 0.15) is 56.7 Å². The van der Waals surface area contributed by atoms with Gasteiger partial charge in [-0.15, -0.1) is 0 Å². The first-order chi connectivity index (χ1) is 18.0. The zero-order chi connectivity index (χ0) is 26.5. The number of urea groups is 1. The van der Waals surface area contributed by atoms with Crippen LogP contribution in [0, 0.1) is 0 Å². The fraction of sp³-hybridized carbons (Fsp3) is 0.519. The van der Waals surface area contributed by atoms with Crippen molar-refractivity contribution in [1.29, 1.82) is 0 Å². The zero-order valence-electron chi connectivity index (χ0n) is 22.4. The van der Waals surface area contributed by atoms with Gasteiger partial charge in [-0.25, -0.2) is 14.8 Å². The number of H-pyrrole nitrogens is 1. The highest BCUT2D eigenvalue weighted by atomic mass is 32.1. The van der Waals surface area contributed by atoms with E-state index in [1.807, 2.05) is 54.5 Å². The molecule has 2 aromatic heterocycles. The number of rotatable bonds is 16. The fourth-order valence-electron chi connectivity index (χ4n) is 4.32. The molecular formula is C27H42N8OS. The van der Waals surface area contributed by atoms with Crippen LogP contribution in [0.15, 0.2) is 49.1 Å². The number of amides is 2. The molecule has 0 aliphatic carbocycles. The average Bonchev–Trinajstić information content (AvgIpc) is 3.54. The van der Waals surface area contributed by atoms with Crippen molar-refractivity contribution >= 4 is 24.5 Å². The summed E-state index contributed by atoms with van der Waals surface area (Å²) in [5.41, 5.74) is 1.90. The molecule has 2 amide bonds. The first-order valence-corrected chi connectivity index (χ1v) is 13.6. The molecule has 2 heterocycles. The smallest absolute Gasteiger partial charge is 0.331 e. The molecule has 37 heavy (non-hydrogen) atoms. The number of benzene rings is 1. The zero-order valence-corrected chi connectivity index (χ0v) is 23.3. The number of hydrogen-bond acceptors (Lipinski definition) is 6. The number of hydrogen-bond donors (Lipinski definition) is 3. The Labute approximate surface area is 226 Å². The molecule has 0 aliphatic rings. The number of aryl methyl sites for hydroxylation is 1. The van der Waals surface area contributed by atoms with Crippen molar-refractivity contribution in [3.8, 4) is 0 Å². The van der Waals surface area contributed by atoms with Gasteiger partial charge in [0.1, 0.15) is 11.6 Å². The molecule has 2 N–H and O–H groups in total. The Morgan fingerprint density at radius 2 is 1.68 bits per heavy atom. The summed E-state index contributed by atoms with van der Waals surface area (Å²) < 4.78 is 3.50. The van der Waals surface area contributed by atoms with E-state index in [0.717, 1.165) is 61.9 Å². The molecule has 0 aliphatic heterocycles. The summed E-state index contributed by atoms with van der Waals surface area (Å²) in [6, 6.07) is 7.76. The van der Waals surface area contributed by atoms with Crippen molar-refractivity contribution in [1.82, 2.24) is 33.6 Å². The van der Waals surface area contributed by atoms with Gasteiger partial charge >= 0.3 is 6.03 Å². The molecule has 0 bridgehead atoms. The van der Waals surface area contributed by atoms with Crippen LogP contribution in [0.4, 0.5) is 10.5 Å². The van der Waals surface area contributed by atoms with E-state index < -0.39 is 0 Å². The second-order valence-corrected chi connectivity index (χ2v) is 9.92. The molecule has 9 nitrogen and oxygen atoms in total. The summed E-state index contributed by atoms with van der Waals surface area (Å²) in [5, 5.41) is 2.95. The minimum atomic E-state index is -0.204. The highest BCUT2D eigenvalue weighted by Crippen LogP contribution is 2.16. The van der Waals surface area contributed by atoms with Gasteiger partial charge in [-0.05, 0) is 63.0 Å². The molecule has 0 saturated heterocycles. The molecule has 0 atom stereocenters. The molecule has 0 fully saturated rings. The quantitative estimate of drug-likeness (QED) is 0.182. The topological polar surface area (TPSA) is 85.3 Å². The van der Waals surface area contributed by atoms with E-state index in [1.165, 1.54) is 17.1 Å². The van der Waals surface area contributed by atoms with Crippen molar-refractivity contribution in [2.75, 3.05) is 31.5 Å². The summed E-state index contributed by atoms with van der Waals surface area (Å²) in [6.07, 6.45) is 11.7. The van der Waals surface area contributed by atoms with Crippen molar-refractivity contribution in [2.45, 2.75) is 59.2 Å². The van der Waals surface area contributed by atoms with E-state index in [1.54, 1.807) is 6.20 Å². The van der Waals surface area contributed by atoms with Gasteiger partial charge in [-0.1, -0.05) is 38.8 Å². The number of anilines is 1. The van der Waals surface area contributed by atoms with Crippen molar-refractivity contribution < 1.29 is 4.79 Å². The maximum atomic E-state index is 12.6. The number of thiol groups is 1. The van der Waals surface area contributed by atoms with Crippen molar-refractivity contribution in [2.24, 2.45) is 7.05 Å². The van der Waals surface area contributed by atoms with E-state index in [0.29, 0.717) is 19.6 Å². The number of carbonyl (C=O) groups is 1. The molecule has 202 valence electrons. The van der Waals surface area contributed by atoms with Gasteiger partial charge in [-0.2, -0.15) is 0 Å². The highest BCUT2D eigenvalue weighted by molar-refractivity contribution is 7.78. The van der Waals surface area contributed by atoms with Crippen LogP contribution in [0.5, 0.6) is 0 Å². The number of carbonyl (C=O) groups excluding carboxylic acids is 1. The van der Waals surface area contributed by atoms with Crippen LogP contribution < -0.4 is 5.32 Å². The van der Waals surface area contributed by atoms with Gasteiger partial charge in [0, 0.05) is 50.6 Å². The van der Waals surface area contributed by atoms with Gasteiger partial charge in [0.05, 0.1) is 13.1 Å².